The fourth-order valence-corrected chi connectivity index (χ4v) is 4.47. The molecule has 1 aromatic carbocycles. The second-order valence-electron chi connectivity index (χ2n) is 6.53. The van der Waals surface area contributed by atoms with Crippen LogP contribution in [0.2, 0.25) is 0 Å². The predicted molar refractivity (Wildman–Crippen MR) is 111 cm³/mol. The van der Waals surface area contributed by atoms with Gasteiger partial charge in [0.2, 0.25) is 6.79 Å². The summed E-state index contributed by atoms with van der Waals surface area (Å²) in [5, 5.41) is 3.91. The predicted octanol–water partition coefficient (Wildman–Crippen LogP) is 4.14. The summed E-state index contributed by atoms with van der Waals surface area (Å²) in [6.07, 6.45) is 0. The molecule has 1 aliphatic rings. The van der Waals surface area contributed by atoms with E-state index in [9.17, 15) is 4.79 Å². The van der Waals surface area contributed by atoms with Gasteiger partial charge in [0.1, 0.15) is 16.5 Å². The molecule has 2 aromatic heterocycles. The Morgan fingerprint density at radius 3 is 2.68 bits per heavy atom. The van der Waals surface area contributed by atoms with Crippen LogP contribution in [-0.4, -0.2) is 35.8 Å². The second kappa shape index (κ2) is 7.27. The van der Waals surface area contributed by atoms with Gasteiger partial charge in [0, 0.05) is 24.8 Å². The standard InChI is InChI=1S/C20H22N4O3S/c1-5-24(6-2)18-16-11(3)17(28-20(16)22-12(4)21-18)19(25)23-13-7-8-14-15(9-13)27-10-26-14/h7-9H,5-6,10H2,1-4H3,(H,23,25). The van der Waals surface area contributed by atoms with E-state index in [1.54, 1.807) is 18.2 Å². The zero-order chi connectivity index (χ0) is 19.8. The average molecular weight is 398 g/mol. The largest absolute Gasteiger partial charge is 0.454 e. The highest BCUT2D eigenvalue weighted by Gasteiger charge is 2.22. The number of amides is 1. The molecule has 0 fully saturated rings. The number of aryl methyl sites for hydroxylation is 2. The maximum absolute atomic E-state index is 13.0. The normalized spacial score (nSPS) is 12.4. The molecule has 0 saturated heterocycles. The Hall–Kier alpha value is -2.87. The summed E-state index contributed by atoms with van der Waals surface area (Å²) in [4.78, 5) is 25.9. The van der Waals surface area contributed by atoms with E-state index in [0.29, 0.717) is 27.9 Å². The minimum absolute atomic E-state index is 0.164. The van der Waals surface area contributed by atoms with Gasteiger partial charge in [0.25, 0.3) is 5.91 Å². The number of nitrogens with one attached hydrogen (secondary N) is 1. The van der Waals surface area contributed by atoms with Gasteiger partial charge in [-0.25, -0.2) is 9.97 Å². The van der Waals surface area contributed by atoms with E-state index in [0.717, 1.165) is 34.7 Å². The third-order valence-electron chi connectivity index (χ3n) is 4.78. The van der Waals surface area contributed by atoms with Gasteiger partial charge in [0.05, 0.1) is 10.3 Å². The first-order valence-electron chi connectivity index (χ1n) is 9.25. The lowest BCUT2D eigenvalue weighted by Crippen LogP contribution is -2.23. The summed E-state index contributed by atoms with van der Waals surface area (Å²) >= 11 is 1.40. The number of carbonyl (C=O) groups excluding carboxylic acids is 1. The van der Waals surface area contributed by atoms with Crippen molar-refractivity contribution in [3.05, 3.63) is 34.5 Å². The average Bonchev–Trinajstić information content (AvgIpc) is 3.26. The van der Waals surface area contributed by atoms with E-state index in [-0.39, 0.29) is 12.7 Å². The van der Waals surface area contributed by atoms with Crippen molar-refractivity contribution in [1.82, 2.24) is 9.97 Å². The Bertz CT molecular complexity index is 1060. The van der Waals surface area contributed by atoms with Gasteiger partial charge in [-0.3, -0.25) is 4.79 Å². The number of ether oxygens (including phenoxy) is 2. The molecule has 0 radical (unpaired) electrons. The molecule has 0 bridgehead atoms. The van der Waals surface area contributed by atoms with Crippen LogP contribution in [-0.2, 0) is 0 Å². The first-order valence-corrected chi connectivity index (χ1v) is 10.1. The number of hydrogen-bond acceptors (Lipinski definition) is 7. The van der Waals surface area contributed by atoms with Crippen molar-refractivity contribution < 1.29 is 14.3 Å². The highest BCUT2D eigenvalue weighted by Crippen LogP contribution is 2.37. The molecule has 0 saturated carbocycles. The number of carbonyl (C=O) groups is 1. The third kappa shape index (κ3) is 3.13. The van der Waals surface area contributed by atoms with Crippen LogP contribution < -0.4 is 19.7 Å². The molecule has 0 atom stereocenters. The SMILES string of the molecule is CCN(CC)c1nc(C)nc2sc(C(=O)Nc3ccc4c(c3)OCO4)c(C)c12. The van der Waals surface area contributed by atoms with Crippen LogP contribution in [0.4, 0.5) is 11.5 Å². The van der Waals surface area contributed by atoms with Crippen LogP contribution in [0.1, 0.15) is 34.9 Å². The van der Waals surface area contributed by atoms with E-state index in [1.165, 1.54) is 11.3 Å². The smallest absolute Gasteiger partial charge is 0.266 e. The molecule has 1 amide bonds. The number of rotatable bonds is 5. The summed E-state index contributed by atoms with van der Waals surface area (Å²) in [5.74, 6) is 2.76. The molecule has 1 aliphatic heterocycles. The Morgan fingerprint density at radius 2 is 1.93 bits per heavy atom. The summed E-state index contributed by atoms with van der Waals surface area (Å²) in [6, 6.07) is 5.37. The van der Waals surface area contributed by atoms with Crippen molar-refractivity contribution in [2.45, 2.75) is 27.7 Å². The minimum atomic E-state index is -0.164. The maximum atomic E-state index is 13.0. The van der Waals surface area contributed by atoms with Crippen molar-refractivity contribution in [3.63, 3.8) is 0 Å². The molecular weight excluding hydrogens is 376 g/mol. The fraction of sp³-hybridized carbons (Fsp3) is 0.350. The lowest BCUT2D eigenvalue weighted by atomic mass is 10.1. The number of aromatic nitrogens is 2. The highest BCUT2D eigenvalue weighted by atomic mass is 32.1. The van der Waals surface area contributed by atoms with Crippen LogP contribution in [0, 0.1) is 13.8 Å². The van der Waals surface area contributed by atoms with Crippen molar-refractivity contribution >= 4 is 39.0 Å². The van der Waals surface area contributed by atoms with Crippen molar-refractivity contribution in [2.24, 2.45) is 0 Å². The van der Waals surface area contributed by atoms with Gasteiger partial charge in [-0.2, -0.15) is 0 Å². The van der Waals surface area contributed by atoms with E-state index >= 15 is 0 Å². The number of nitrogens with zero attached hydrogens (tertiary/aromatic N) is 3. The van der Waals surface area contributed by atoms with Crippen LogP contribution >= 0.6 is 11.3 Å². The van der Waals surface area contributed by atoms with Crippen LogP contribution in [0.3, 0.4) is 0 Å². The molecule has 146 valence electrons. The van der Waals surface area contributed by atoms with Gasteiger partial charge in [-0.15, -0.1) is 11.3 Å². The lowest BCUT2D eigenvalue weighted by Gasteiger charge is -2.21. The Morgan fingerprint density at radius 1 is 1.18 bits per heavy atom. The monoisotopic (exact) mass is 398 g/mol. The summed E-state index contributed by atoms with van der Waals surface area (Å²) in [7, 11) is 0. The van der Waals surface area contributed by atoms with E-state index in [1.807, 2.05) is 13.8 Å². The Kier molecular flexibility index (Phi) is 4.80. The number of hydrogen-bond donors (Lipinski definition) is 1. The van der Waals surface area contributed by atoms with Crippen LogP contribution in [0.25, 0.3) is 10.2 Å². The van der Waals surface area contributed by atoms with Gasteiger partial charge in [-0.1, -0.05) is 0 Å². The zero-order valence-corrected chi connectivity index (χ0v) is 17.1. The molecule has 0 unspecified atom stereocenters. The number of benzene rings is 1. The molecule has 3 heterocycles. The van der Waals surface area contributed by atoms with Gasteiger partial charge in [-0.05, 0) is 45.4 Å². The molecular formula is C20H22N4O3S. The van der Waals surface area contributed by atoms with E-state index in [4.69, 9.17) is 9.47 Å². The fourth-order valence-electron chi connectivity index (χ4n) is 3.35. The molecule has 0 spiro atoms. The Labute approximate surface area is 167 Å². The summed E-state index contributed by atoms with van der Waals surface area (Å²) in [5.41, 5.74) is 1.57. The minimum Gasteiger partial charge on any atom is -0.454 e. The molecule has 8 heteroatoms. The van der Waals surface area contributed by atoms with Crippen molar-refractivity contribution in [3.8, 4) is 11.5 Å². The highest BCUT2D eigenvalue weighted by molar-refractivity contribution is 7.20. The van der Waals surface area contributed by atoms with E-state index in [2.05, 4.69) is 34.0 Å². The topological polar surface area (TPSA) is 76.6 Å². The molecule has 28 heavy (non-hydrogen) atoms. The number of thiophene rings is 1. The van der Waals surface area contributed by atoms with Gasteiger partial charge >= 0.3 is 0 Å². The number of anilines is 2. The van der Waals surface area contributed by atoms with Crippen LogP contribution in [0.5, 0.6) is 11.5 Å². The Balaban J connectivity index is 1.71. The van der Waals surface area contributed by atoms with Crippen molar-refractivity contribution in [1.29, 1.82) is 0 Å². The third-order valence-corrected chi connectivity index (χ3v) is 5.97. The quantitative estimate of drug-likeness (QED) is 0.696. The van der Waals surface area contributed by atoms with Crippen molar-refractivity contribution in [2.75, 3.05) is 30.1 Å². The molecule has 4 rings (SSSR count). The zero-order valence-electron chi connectivity index (χ0n) is 16.3. The van der Waals surface area contributed by atoms with Gasteiger partial charge in [0.15, 0.2) is 11.5 Å². The van der Waals surface area contributed by atoms with Crippen LogP contribution in [0.15, 0.2) is 18.2 Å². The first-order chi connectivity index (χ1) is 13.5. The summed E-state index contributed by atoms with van der Waals surface area (Å²) < 4.78 is 10.7. The number of fused-ring (bicyclic) bond motifs is 2. The second-order valence-corrected chi connectivity index (χ2v) is 7.52. The maximum Gasteiger partial charge on any atom is 0.266 e. The molecule has 7 nitrogen and oxygen atoms in total. The molecule has 1 N–H and O–H groups in total. The molecule has 3 aromatic rings. The van der Waals surface area contributed by atoms with Gasteiger partial charge < -0.3 is 19.7 Å². The summed E-state index contributed by atoms with van der Waals surface area (Å²) in [6.45, 7) is 9.93. The van der Waals surface area contributed by atoms with E-state index < -0.39 is 0 Å². The molecule has 0 aliphatic carbocycles. The first kappa shape index (κ1) is 18.5. The lowest BCUT2D eigenvalue weighted by molar-refractivity contribution is 0.103.